The van der Waals surface area contributed by atoms with Crippen LogP contribution >= 0.6 is 0 Å². The van der Waals surface area contributed by atoms with E-state index in [9.17, 15) is 4.79 Å². The number of amides is 1. The van der Waals surface area contributed by atoms with Gasteiger partial charge in [-0.15, -0.1) is 5.10 Å². The number of aromatic nitrogens is 6. The molecule has 0 fully saturated rings. The van der Waals surface area contributed by atoms with Gasteiger partial charge in [0, 0.05) is 31.4 Å². The van der Waals surface area contributed by atoms with E-state index in [4.69, 9.17) is 4.74 Å². The van der Waals surface area contributed by atoms with Crippen molar-refractivity contribution in [3.63, 3.8) is 0 Å². The summed E-state index contributed by atoms with van der Waals surface area (Å²) in [6.07, 6.45) is 4.18. The van der Waals surface area contributed by atoms with Crippen LogP contribution in [-0.4, -0.2) is 43.0 Å². The number of benzene rings is 1. The summed E-state index contributed by atoms with van der Waals surface area (Å²) in [5, 5.41) is 18.0. The van der Waals surface area contributed by atoms with E-state index in [-0.39, 0.29) is 5.91 Å². The Kier molecular flexibility index (Phi) is 4.50. The van der Waals surface area contributed by atoms with Crippen LogP contribution in [-0.2, 0) is 18.3 Å². The lowest BCUT2D eigenvalue weighted by Gasteiger charge is -2.11. The SMILES string of the molecule is COc1cc(-n2cnnn2)ccc1NC(=O)CCc1ccnn1C. The van der Waals surface area contributed by atoms with Crippen molar-refractivity contribution in [1.29, 1.82) is 0 Å². The highest BCUT2D eigenvalue weighted by atomic mass is 16.5. The molecule has 0 aliphatic carbocycles. The zero-order valence-electron chi connectivity index (χ0n) is 13.4. The Morgan fingerprint density at radius 1 is 1.33 bits per heavy atom. The van der Waals surface area contributed by atoms with Gasteiger partial charge >= 0.3 is 0 Å². The summed E-state index contributed by atoms with van der Waals surface area (Å²) >= 11 is 0. The average Bonchev–Trinajstić information content (AvgIpc) is 3.25. The molecule has 0 radical (unpaired) electrons. The molecule has 24 heavy (non-hydrogen) atoms. The maximum Gasteiger partial charge on any atom is 0.224 e. The van der Waals surface area contributed by atoms with Crippen LogP contribution in [0.3, 0.4) is 0 Å². The predicted molar refractivity (Wildman–Crippen MR) is 85.9 cm³/mol. The van der Waals surface area contributed by atoms with E-state index in [0.29, 0.717) is 24.3 Å². The molecule has 0 saturated carbocycles. The Morgan fingerprint density at radius 3 is 2.88 bits per heavy atom. The Bertz CT molecular complexity index is 826. The summed E-state index contributed by atoms with van der Waals surface area (Å²) in [6.45, 7) is 0. The molecule has 124 valence electrons. The van der Waals surface area contributed by atoms with E-state index < -0.39 is 0 Å². The molecule has 2 aromatic heterocycles. The third kappa shape index (κ3) is 3.40. The number of tetrazole rings is 1. The van der Waals surface area contributed by atoms with Crippen molar-refractivity contribution in [2.45, 2.75) is 12.8 Å². The average molecular weight is 327 g/mol. The zero-order valence-corrected chi connectivity index (χ0v) is 13.4. The number of hydrogen-bond acceptors (Lipinski definition) is 6. The summed E-state index contributed by atoms with van der Waals surface area (Å²) in [5.74, 6) is 0.446. The van der Waals surface area contributed by atoms with Crippen LogP contribution in [0.4, 0.5) is 5.69 Å². The Morgan fingerprint density at radius 2 is 2.21 bits per heavy atom. The second-order valence-corrected chi connectivity index (χ2v) is 5.13. The molecule has 0 bridgehead atoms. The molecular weight excluding hydrogens is 310 g/mol. The summed E-state index contributed by atoms with van der Waals surface area (Å²) < 4.78 is 8.61. The van der Waals surface area contributed by atoms with Crippen LogP contribution in [0.2, 0.25) is 0 Å². The molecule has 2 heterocycles. The number of ether oxygens (including phenoxy) is 1. The molecule has 0 saturated heterocycles. The normalized spacial score (nSPS) is 10.6. The third-order valence-electron chi connectivity index (χ3n) is 3.60. The fourth-order valence-corrected chi connectivity index (χ4v) is 2.31. The van der Waals surface area contributed by atoms with E-state index in [1.165, 1.54) is 11.0 Å². The highest BCUT2D eigenvalue weighted by Crippen LogP contribution is 2.27. The molecule has 1 N–H and O–H groups in total. The van der Waals surface area contributed by atoms with Crippen LogP contribution in [0.25, 0.3) is 5.69 Å². The van der Waals surface area contributed by atoms with Crippen molar-refractivity contribution < 1.29 is 9.53 Å². The predicted octanol–water partition coefficient (Wildman–Crippen LogP) is 0.976. The topological polar surface area (TPSA) is 99.8 Å². The fraction of sp³-hybridized carbons (Fsp3) is 0.267. The molecular formula is C15H17N7O2. The van der Waals surface area contributed by atoms with Crippen LogP contribution in [0.5, 0.6) is 5.75 Å². The smallest absolute Gasteiger partial charge is 0.224 e. The van der Waals surface area contributed by atoms with Gasteiger partial charge in [-0.2, -0.15) is 5.10 Å². The number of carbonyl (C=O) groups excluding carboxylic acids is 1. The first kappa shape index (κ1) is 15.7. The largest absolute Gasteiger partial charge is 0.494 e. The standard InChI is InChI=1S/C15H17N7O2/c1-21-11(7-8-17-21)4-6-15(23)18-13-5-3-12(9-14(13)24-2)22-10-16-19-20-22/h3,5,7-10H,4,6H2,1-2H3,(H,18,23). The first-order valence-corrected chi connectivity index (χ1v) is 7.35. The molecule has 0 atom stereocenters. The number of anilines is 1. The number of nitrogens with zero attached hydrogens (tertiary/aromatic N) is 6. The molecule has 1 amide bonds. The van der Waals surface area contributed by atoms with Gasteiger partial charge in [-0.25, -0.2) is 4.68 Å². The summed E-state index contributed by atoms with van der Waals surface area (Å²) in [6, 6.07) is 7.22. The van der Waals surface area contributed by atoms with Gasteiger partial charge in [0.05, 0.1) is 18.5 Å². The summed E-state index contributed by atoms with van der Waals surface area (Å²) in [4.78, 5) is 12.2. The first-order valence-electron chi connectivity index (χ1n) is 7.35. The quantitative estimate of drug-likeness (QED) is 0.724. The van der Waals surface area contributed by atoms with Gasteiger partial charge in [0.15, 0.2) is 0 Å². The first-order chi connectivity index (χ1) is 11.7. The number of carbonyl (C=O) groups is 1. The molecule has 0 aliphatic heterocycles. The molecule has 3 aromatic rings. The summed E-state index contributed by atoms with van der Waals surface area (Å²) in [7, 11) is 3.40. The van der Waals surface area contributed by atoms with Gasteiger partial charge in [0.1, 0.15) is 12.1 Å². The Hall–Kier alpha value is -3.23. The second-order valence-electron chi connectivity index (χ2n) is 5.13. The number of nitrogens with one attached hydrogen (secondary N) is 1. The number of aryl methyl sites for hydroxylation is 2. The zero-order chi connectivity index (χ0) is 16.9. The van der Waals surface area contributed by atoms with Crippen molar-refractivity contribution in [2.24, 2.45) is 7.05 Å². The van der Waals surface area contributed by atoms with Crippen molar-refractivity contribution in [3.05, 3.63) is 42.5 Å². The van der Waals surface area contributed by atoms with Gasteiger partial charge in [-0.1, -0.05) is 0 Å². The molecule has 3 rings (SSSR count). The van der Waals surface area contributed by atoms with Gasteiger partial charge < -0.3 is 10.1 Å². The van der Waals surface area contributed by atoms with Crippen molar-refractivity contribution >= 4 is 11.6 Å². The monoisotopic (exact) mass is 327 g/mol. The van der Waals surface area contributed by atoms with Gasteiger partial charge in [0.25, 0.3) is 0 Å². The molecule has 9 heteroatoms. The van der Waals surface area contributed by atoms with Gasteiger partial charge in [0.2, 0.25) is 5.91 Å². The van der Waals surface area contributed by atoms with Gasteiger partial charge in [-0.3, -0.25) is 9.48 Å². The van der Waals surface area contributed by atoms with E-state index >= 15 is 0 Å². The highest BCUT2D eigenvalue weighted by Gasteiger charge is 2.11. The third-order valence-corrected chi connectivity index (χ3v) is 3.60. The number of methoxy groups -OCH3 is 1. The minimum atomic E-state index is -0.0929. The number of hydrogen-bond donors (Lipinski definition) is 1. The maximum absolute atomic E-state index is 12.2. The molecule has 1 aromatic carbocycles. The molecule has 9 nitrogen and oxygen atoms in total. The fourth-order valence-electron chi connectivity index (χ4n) is 2.31. The molecule has 0 aliphatic rings. The highest BCUT2D eigenvalue weighted by molar-refractivity contribution is 5.92. The van der Waals surface area contributed by atoms with Gasteiger partial charge in [-0.05, 0) is 35.0 Å². The lowest BCUT2D eigenvalue weighted by atomic mass is 10.2. The van der Waals surface area contributed by atoms with Crippen molar-refractivity contribution in [2.75, 3.05) is 12.4 Å². The minimum absolute atomic E-state index is 0.0929. The Balaban J connectivity index is 1.68. The Labute approximate surface area is 138 Å². The maximum atomic E-state index is 12.2. The second kappa shape index (κ2) is 6.90. The lowest BCUT2D eigenvalue weighted by molar-refractivity contribution is -0.116. The minimum Gasteiger partial charge on any atom is -0.494 e. The van der Waals surface area contributed by atoms with Crippen molar-refractivity contribution in [1.82, 2.24) is 30.0 Å². The molecule has 0 spiro atoms. The van der Waals surface area contributed by atoms with Crippen LogP contribution in [0.1, 0.15) is 12.1 Å². The van der Waals surface area contributed by atoms with E-state index in [0.717, 1.165) is 11.4 Å². The van der Waals surface area contributed by atoms with Crippen LogP contribution < -0.4 is 10.1 Å². The van der Waals surface area contributed by atoms with Crippen LogP contribution in [0.15, 0.2) is 36.8 Å². The van der Waals surface area contributed by atoms with E-state index in [1.807, 2.05) is 13.1 Å². The lowest BCUT2D eigenvalue weighted by Crippen LogP contribution is -2.14. The van der Waals surface area contributed by atoms with Crippen molar-refractivity contribution in [3.8, 4) is 11.4 Å². The molecule has 0 unspecified atom stereocenters. The number of rotatable bonds is 6. The summed E-state index contributed by atoms with van der Waals surface area (Å²) in [5.41, 5.74) is 2.35. The van der Waals surface area contributed by atoms with Crippen LogP contribution in [0, 0.1) is 0 Å². The van der Waals surface area contributed by atoms with E-state index in [1.54, 1.807) is 36.2 Å². The van der Waals surface area contributed by atoms with E-state index in [2.05, 4.69) is 25.9 Å².